The molecule has 0 saturated carbocycles. The minimum Gasteiger partial charge on any atom is -0.493 e. The molecule has 0 aliphatic carbocycles. The lowest BCUT2D eigenvalue weighted by atomic mass is 9.87. The fourth-order valence-corrected chi connectivity index (χ4v) is 3.12. The highest BCUT2D eigenvalue weighted by atomic mass is 16.5. The molecule has 1 aliphatic rings. The Kier molecular flexibility index (Phi) is 3.84. The van der Waals surface area contributed by atoms with Crippen LogP contribution in [0.15, 0.2) is 36.4 Å². The maximum Gasteiger partial charge on any atom is 0.161 e. The Labute approximate surface area is 125 Å². The molecule has 0 aromatic heterocycles. The summed E-state index contributed by atoms with van der Waals surface area (Å²) in [6.07, 6.45) is 1.09. The topological polar surface area (TPSA) is 30.5 Å². The van der Waals surface area contributed by atoms with E-state index in [1.165, 1.54) is 22.3 Å². The van der Waals surface area contributed by atoms with Crippen molar-refractivity contribution in [2.24, 2.45) is 0 Å². The predicted octanol–water partition coefficient (Wildman–Crippen LogP) is 3.25. The standard InChI is InChI=1S/C18H21NO2/c1-12-5-4-6-15-14(12)9-10-19-18(15)13-7-8-16(20-2)17(11-13)21-3/h4-8,11,18-19H,9-10H2,1-3H3. The van der Waals surface area contributed by atoms with Gasteiger partial charge in [-0.3, -0.25) is 0 Å². The van der Waals surface area contributed by atoms with Crippen molar-refractivity contribution in [1.82, 2.24) is 5.32 Å². The van der Waals surface area contributed by atoms with Gasteiger partial charge in [-0.2, -0.15) is 0 Å². The maximum atomic E-state index is 5.43. The van der Waals surface area contributed by atoms with Crippen molar-refractivity contribution in [3.8, 4) is 11.5 Å². The molecular weight excluding hydrogens is 262 g/mol. The number of hydrogen-bond donors (Lipinski definition) is 1. The van der Waals surface area contributed by atoms with Gasteiger partial charge in [-0.05, 0) is 47.7 Å². The van der Waals surface area contributed by atoms with Gasteiger partial charge in [0.15, 0.2) is 11.5 Å². The van der Waals surface area contributed by atoms with Crippen LogP contribution in [0.2, 0.25) is 0 Å². The van der Waals surface area contributed by atoms with Gasteiger partial charge in [0.2, 0.25) is 0 Å². The van der Waals surface area contributed by atoms with Crippen molar-refractivity contribution < 1.29 is 9.47 Å². The molecule has 1 atom stereocenters. The summed E-state index contributed by atoms with van der Waals surface area (Å²) >= 11 is 0. The number of rotatable bonds is 3. The summed E-state index contributed by atoms with van der Waals surface area (Å²) in [4.78, 5) is 0. The lowest BCUT2D eigenvalue weighted by Gasteiger charge is -2.29. The molecule has 3 rings (SSSR count). The van der Waals surface area contributed by atoms with Gasteiger partial charge >= 0.3 is 0 Å². The first-order valence-corrected chi connectivity index (χ1v) is 7.28. The van der Waals surface area contributed by atoms with E-state index < -0.39 is 0 Å². The second-order valence-electron chi connectivity index (χ2n) is 5.39. The molecule has 1 aliphatic heterocycles. The zero-order chi connectivity index (χ0) is 14.8. The summed E-state index contributed by atoms with van der Waals surface area (Å²) in [5, 5.41) is 3.61. The molecule has 3 heteroatoms. The van der Waals surface area contributed by atoms with E-state index in [0.29, 0.717) is 0 Å². The first-order valence-electron chi connectivity index (χ1n) is 7.28. The van der Waals surface area contributed by atoms with Crippen LogP contribution in [-0.4, -0.2) is 20.8 Å². The van der Waals surface area contributed by atoms with Crippen LogP contribution in [0.3, 0.4) is 0 Å². The highest BCUT2D eigenvalue weighted by molar-refractivity contribution is 5.48. The predicted molar refractivity (Wildman–Crippen MR) is 84.3 cm³/mol. The molecule has 0 bridgehead atoms. The number of aryl methyl sites for hydroxylation is 1. The van der Waals surface area contributed by atoms with Crippen LogP contribution in [0.4, 0.5) is 0 Å². The van der Waals surface area contributed by atoms with Gasteiger partial charge in [-0.25, -0.2) is 0 Å². The highest BCUT2D eigenvalue weighted by Gasteiger charge is 2.23. The van der Waals surface area contributed by atoms with Gasteiger partial charge in [0, 0.05) is 6.54 Å². The van der Waals surface area contributed by atoms with E-state index in [2.05, 4.69) is 42.6 Å². The molecule has 2 aromatic rings. The number of hydrogen-bond acceptors (Lipinski definition) is 3. The summed E-state index contributed by atoms with van der Waals surface area (Å²) in [7, 11) is 3.34. The Balaban J connectivity index is 2.05. The highest BCUT2D eigenvalue weighted by Crippen LogP contribution is 2.35. The first-order chi connectivity index (χ1) is 10.2. The summed E-state index contributed by atoms with van der Waals surface area (Å²) in [5.41, 5.74) is 5.42. The van der Waals surface area contributed by atoms with Crippen LogP contribution in [-0.2, 0) is 6.42 Å². The summed E-state index contributed by atoms with van der Waals surface area (Å²) in [6.45, 7) is 3.19. The first kappa shape index (κ1) is 14.0. The molecule has 1 heterocycles. The van der Waals surface area contributed by atoms with E-state index in [0.717, 1.165) is 24.5 Å². The van der Waals surface area contributed by atoms with E-state index in [9.17, 15) is 0 Å². The van der Waals surface area contributed by atoms with Crippen LogP contribution in [0.25, 0.3) is 0 Å². The van der Waals surface area contributed by atoms with Crippen molar-refractivity contribution in [1.29, 1.82) is 0 Å². The minimum absolute atomic E-state index is 0.216. The monoisotopic (exact) mass is 283 g/mol. The van der Waals surface area contributed by atoms with Gasteiger partial charge in [0.1, 0.15) is 0 Å². The van der Waals surface area contributed by atoms with Gasteiger partial charge in [-0.1, -0.05) is 24.3 Å². The molecule has 0 radical (unpaired) electrons. The van der Waals surface area contributed by atoms with E-state index in [1.54, 1.807) is 14.2 Å². The fraction of sp³-hybridized carbons (Fsp3) is 0.333. The third-order valence-electron chi connectivity index (χ3n) is 4.22. The van der Waals surface area contributed by atoms with E-state index in [4.69, 9.17) is 9.47 Å². The van der Waals surface area contributed by atoms with Crippen molar-refractivity contribution in [2.75, 3.05) is 20.8 Å². The molecule has 1 N–H and O–H groups in total. The second kappa shape index (κ2) is 5.78. The lowest BCUT2D eigenvalue weighted by Crippen LogP contribution is -2.31. The zero-order valence-electron chi connectivity index (χ0n) is 12.8. The Morgan fingerprint density at radius 1 is 1.05 bits per heavy atom. The number of fused-ring (bicyclic) bond motifs is 1. The molecule has 0 amide bonds. The van der Waals surface area contributed by atoms with Crippen LogP contribution in [0.5, 0.6) is 11.5 Å². The van der Waals surface area contributed by atoms with Gasteiger partial charge in [-0.15, -0.1) is 0 Å². The Morgan fingerprint density at radius 2 is 1.86 bits per heavy atom. The van der Waals surface area contributed by atoms with Crippen molar-refractivity contribution in [2.45, 2.75) is 19.4 Å². The fourth-order valence-electron chi connectivity index (χ4n) is 3.12. The van der Waals surface area contributed by atoms with E-state index in [1.807, 2.05) is 6.07 Å². The number of benzene rings is 2. The summed E-state index contributed by atoms with van der Waals surface area (Å²) < 4.78 is 10.7. The van der Waals surface area contributed by atoms with Gasteiger partial charge in [0.25, 0.3) is 0 Å². The Bertz CT molecular complexity index is 652. The SMILES string of the molecule is COc1ccc(C2NCCc3c(C)cccc32)cc1OC. The zero-order valence-corrected chi connectivity index (χ0v) is 12.8. The smallest absolute Gasteiger partial charge is 0.161 e. The third-order valence-corrected chi connectivity index (χ3v) is 4.22. The van der Waals surface area contributed by atoms with E-state index >= 15 is 0 Å². The summed E-state index contributed by atoms with van der Waals surface area (Å²) in [5.74, 6) is 1.54. The van der Waals surface area contributed by atoms with Crippen LogP contribution < -0.4 is 14.8 Å². The molecule has 2 aromatic carbocycles. The van der Waals surface area contributed by atoms with Gasteiger partial charge in [0.05, 0.1) is 20.3 Å². The molecule has 21 heavy (non-hydrogen) atoms. The largest absolute Gasteiger partial charge is 0.493 e. The van der Waals surface area contributed by atoms with Crippen LogP contribution in [0.1, 0.15) is 28.3 Å². The molecule has 110 valence electrons. The van der Waals surface area contributed by atoms with Crippen molar-refractivity contribution in [3.63, 3.8) is 0 Å². The summed E-state index contributed by atoms with van der Waals surface area (Å²) in [6, 6.07) is 12.9. The number of nitrogens with one attached hydrogen (secondary N) is 1. The molecule has 0 spiro atoms. The normalized spacial score (nSPS) is 17.2. The quantitative estimate of drug-likeness (QED) is 0.938. The molecule has 0 saturated heterocycles. The van der Waals surface area contributed by atoms with Crippen molar-refractivity contribution in [3.05, 3.63) is 58.7 Å². The maximum absolute atomic E-state index is 5.43. The Hall–Kier alpha value is -2.00. The molecular formula is C18H21NO2. The lowest BCUT2D eigenvalue weighted by molar-refractivity contribution is 0.354. The average Bonchev–Trinajstić information content (AvgIpc) is 2.54. The molecule has 0 fully saturated rings. The molecule has 1 unspecified atom stereocenters. The van der Waals surface area contributed by atoms with Crippen LogP contribution in [0, 0.1) is 6.92 Å². The average molecular weight is 283 g/mol. The number of ether oxygens (including phenoxy) is 2. The second-order valence-corrected chi connectivity index (χ2v) is 5.39. The minimum atomic E-state index is 0.216. The van der Waals surface area contributed by atoms with Gasteiger partial charge < -0.3 is 14.8 Å². The van der Waals surface area contributed by atoms with Crippen molar-refractivity contribution >= 4 is 0 Å². The third kappa shape index (κ3) is 2.49. The Morgan fingerprint density at radius 3 is 2.62 bits per heavy atom. The molecule has 3 nitrogen and oxygen atoms in total. The number of methoxy groups -OCH3 is 2. The van der Waals surface area contributed by atoms with Crippen LogP contribution >= 0.6 is 0 Å². The van der Waals surface area contributed by atoms with E-state index in [-0.39, 0.29) is 6.04 Å².